The molecular formula is C18H18F4N2O4. The molecule has 1 N–H and O–H groups in total. The summed E-state index contributed by atoms with van der Waals surface area (Å²) in [6.45, 7) is 1.30. The number of alkyl halides is 3. The number of carbonyl (C=O) groups excluding carboxylic acids is 2. The van der Waals surface area contributed by atoms with E-state index in [0.29, 0.717) is 32.0 Å². The van der Waals surface area contributed by atoms with E-state index in [2.05, 4.69) is 5.32 Å². The van der Waals surface area contributed by atoms with E-state index in [0.717, 1.165) is 12.1 Å². The van der Waals surface area contributed by atoms with Gasteiger partial charge in [0.25, 0.3) is 0 Å². The lowest BCUT2D eigenvalue weighted by Gasteiger charge is -2.47. The number of carbonyl (C=O) groups is 2. The Labute approximate surface area is 157 Å². The molecule has 1 spiro atoms. The van der Waals surface area contributed by atoms with Gasteiger partial charge in [0.05, 0.1) is 17.7 Å². The highest BCUT2D eigenvalue weighted by Gasteiger charge is 2.54. The number of benzene rings is 1. The lowest BCUT2D eigenvalue weighted by molar-refractivity contribution is -0.148. The highest BCUT2D eigenvalue weighted by molar-refractivity contribution is 5.82. The first-order valence-electron chi connectivity index (χ1n) is 8.88. The Morgan fingerprint density at radius 1 is 1.32 bits per heavy atom. The molecule has 28 heavy (non-hydrogen) atoms. The Kier molecular flexibility index (Phi) is 4.39. The molecule has 3 fully saturated rings. The number of halogens is 4. The minimum absolute atomic E-state index is 0.00346. The van der Waals surface area contributed by atoms with Crippen LogP contribution in [0, 0.1) is 17.7 Å². The van der Waals surface area contributed by atoms with Crippen LogP contribution in [0.25, 0.3) is 0 Å². The minimum atomic E-state index is -4.61. The largest absolute Gasteiger partial charge is 0.490 e. The van der Waals surface area contributed by atoms with Gasteiger partial charge in [0.1, 0.15) is 6.61 Å². The van der Waals surface area contributed by atoms with Crippen LogP contribution in [0.4, 0.5) is 22.4 Å². The molecule has 6 nitrogen and oxygen atoms in total. The van der Waals surface area contributed by atoms with E-state index < -0.39 is 29.2 Å². The van der Waals surface area contributed by atoms with Gasteiger partial charge in [-0.3, -0.25) is 4.79 Å². The Balaban J connectivity index is 1.21. The molecule has 0 atom stereocenters. The van der Waals surface area contributed by atoms with Crippen molar-refractivity contribution in [2.24, 2.45) is 11.8 Å². The second-order valence-electron chi connectivity index (χ2n) is 7.65. The van der Waals surface area contributed by atoms with Gasteiger partial charge in [-0.1, -0.05) is 0 Å². The molecular weight excluding hydrogens is 384 g/mol. The van der Waals surface area contributed by atoms with Crippen LogP contribution in [0.3, 0.4) is 0 Å². The summed E-state index contributed by atoms with van der Waals surface area (Å²) in [5, 5.41) is 2.73. The van der Waals surface area contributed by atoms with E-state index in [1.54, 1.807) is 4.90 Å². The molecule has 0 aromatic heterocycles. The van der Waals surface area contributed by atoms with Crippen molar-refractivity contribution in [3.05, 3.63) is 29.6 Å². The number of likely N-dealkylation sites (tertiary alicyclic amines) is 1. The SMILES string of the molecule is O=C1N[C@]2(CO1)C[C@H](C(=O)N1CC(COc3ccc(C(F)(F)F)cc3F)C1)C2. The van der Waals surface area contributed by atoms with Crippen LogP contribution in [0.2, 0.25) is 0 Å². The fraction of sp³-hybridized carbons (Fsp3) is 0.556. The summed E-state index contributed by atoms with van der Waals surface area (Å²) in [6, 6.07) is 2.14. The number of amides is 2. The number of nitrogens with one attached hydrogen (secondary N) is 1. The zero-order valence-electron chi connectivity index (χ0n) is 14.7. The first-order valence-corrected chi connectivity index (χ1v) is 8.88. The molecule has 152 valence electrons. The van der Waals surface area contributed by atoms with Crippen molar-refractivity contribution in [1.29, 1.82) is 0 Å². The average molecular weight is 402 g/mol. The number of alkyl carbamates (subject to hydrolysis) is 1. The predicted octanol–water partition coefficient (Wildman–Crippen LogP) is 2.57. The third kappa shape index (κ3) is 3.47. The van der Waals surface area contributed by atoms with Gasteiger partial charge in [-0.05, 0) is 31.0 Å². The van der Waals surface area contributed by atoms with Crippen LogP contribution in [0.15, 0.2) is 18.2 Å². The topological polar surface area (TPSA) is 67.9 Å². The van der Waals surface area contributed by atoms with Crippen molar-refractivity contribution in [1.82, 2.24) is 10.2 Å². The van der Waals surface area contributed by atoms with Crippen LogP contribution in [-0.4, -0.2) is 48.7 Å². The normalized spacial score (nSPS) is 27.1. The van der Waals surface area contributed by atoms with Crippen LogP contribution in [0.5, 0.6) is 5.75 Å². The monoisotopic (exact) mass is 402 g/mol. The fourth-order valence-electron chi connectivity index (χ4n) is 3.89. The van der Waals surface area contributed by atoms with E-state index in [9.17, 15) is 27.2 Å². The maximum absolute atomic E-state index is 13.8. The molecule has 2 saturated heterocycles. The van der Waals surface area contributed by atoms with Crippen LogP contribution >= 0.6 is 0 Å². The summed E-state index contributed by atoms with van der Waals surface area (Å²) < 4.78 is 61.5. The lowest BCUT2D eigenvalue weighted by atomic mass is 9.68. The summed E-state index contributed by atoms with van der Waals surface area (Å²) in [5.41, 5.74) is -1.48. The highest BCUT2D eigenvalue weighted by Crippen LogP contribution is 2.42. The van der Waals surface area contributed by atoms with E-state index >= 15 is 0 Å². The van der Waals surface area contributed by atoms with Gasteiger partial charge in [-0.2, -0.15) is 13.2 Å². The lowest BCUT2D eigenvalue weighted by Crippen LogP contribution is -2.61. The van der Waals surface area contributed by atoms with E-state index in [1.807, 2.05) is 0 Å². The van der Waals surface area contributed by atoms with Gasteiger partial charge in [-0.25, -0.2) is 9.18 Å². The summed E-state index contributed by atoms with van der Waals surface area (Å²) in [7, 11) is 0. The number of cyclic esters (lactones) is 1. The van der Waals surface area contributed by atoms with Gasteiger partial charge in [0.2, 0.25) is 5.91 Å². The second-order valence-corrected chi connectivity index (χ2v) is 7.65. The molecule has 0 bridgehead atoms. The number of ether oxygens (including phenoxy) is 2. The summed E-state index contributed by atoms with van der Waals surface area (Å²) in [6.07, 6.45) is -3.97. The van der Waals surface area contributed by atoms with E-state index in [1.165, 1.54) is 0 Å². The molecule has 10 heteroatoms. The quantitative estimate of drug-likeness (QED) is 0.787. The summed E-state index contributed by atoms with van der Waals surface area (Å²) in [4.78, 5) is 25.2. The fourth-order valence-corrected chi connectivity index (χ4v) is 3.89. The number of rotatable bonds is 4. The molecule has 0 radical (unpaired) electrons. The van der Waals surface area contributed by atoms with Crippen LogP contribution < -0.4 is 10.1 Å². The van der Waals surface area contributed by atoms with E-state index in [-0.39, 0.29) is 36.7 Å². The van der Waals surface area contributed by atoms with Crippen molar-refractivity contribution in [3.8, 4) is 5.75 Å². The Bertz CT molecular complexity index is 801. The molecule has 3 aliphatic rings. The van der Waals surface area contributed by atoms with Crippen molar-refractivity contribution in [3.63, 3.8) is 0 Å². The minimum Gasteiger partial charge on any atom is -0.490 e. The maximum Gasteiger partial charge on any atom is 0.416 e. The Morgan fingerprint density at radius 2 is 2.04 bits per heavy atom. The standard InChI is InChI=1S/C18H18F4N2O4/c19-13-3-12(18(20,21)22)1-2-14(13)27-8-10-6-24(7-10)15(25)11-4-17(5-11)9-28-16(26)23-17/h1-3,10-11H,4-9H2,(H,23,26)/t11-,17+. The van der Waals surface area contributed by atoms with Gasteiger partial charge >= 0.3 is 12.3 Å². The average Bonchev–Trinajstić information content (AvgIpc) is 2.94. The summed E-state index contributed by atoms with van der Waals surface area (Å²) in [5.74, 6) is -1.47. The van der Waals surface area contributed by atoms with Crippen molar-refractivity contribution < 1.29 is 36.6 Å². The van der Waals surface area contributed by atoms with Gasteiger partial charge < -0.3 is 19.7 Å². The number of nitrogens with zero attached hydrogens (tertiary/aromatic N) is 1. The molecule has 1 aliphatic carbocycles. The molecule has 1 aromatic rings. The van der Waals surface area contributed by atoms with E-state index in [4.69, 9.17) is 9.47 Å². The molecule has 2 heterocycles. The smallest absolute Gasteiger partial charge is 0.416 e. The third-order valence-electron chi connectivity index (χ3n) is 5.47. The first kappa shape index (κ1) is 18.8. The Hall–Kier alpha value is -2.52. The molecule has 1 saturated carbocycles. The number of hydrogen-bond acceptors (Lipinski definition) is 4. The Morgan fingerprint density at radius 3 is 2.61 bits per heavy atom. The molecule has 2 amide bonds. The molecule has 4 rings (SSSR count). The highest BCUT2D eigenvalue weighted by atomic mass is 19.4. The third-order valence-corrected chi connectivity index (χ3v) is 5.47. The zero-order valence-corrected chi connectivity index (χ0v) is 14.7. The van der Waals surface area contributed by atoms with Gasteiger partial charge in [0, 0.05) is 24.9 Å². The van der Waals surface area contributed by atoms with Gasteiger partial charge in [-0.15, -0.1) is 0 Å². The van der Waals surface area contributed by atoms with Crippen molar-refractivity contribution in [2.45, 2.75) is 24.6 Å². The molecule has 2 aliphatic heterocycles. The summed E-state index contributed by atoms with van der Waals surface area (Å²) >= 11 is 0. The second kappa shape index (κ2) is 6.52. The van der Waals surface area contributed by atoms with Crippen molar-refractivity contribution >= 4 is 12.0 Å². The molecule has 1 aromatic carbocycles. The van der Waals surface area contributed by atoms with Crippen LogP contribution in [0.1, 0.15) is 18.4 Å². The molecule has 0 unspecified atom stereocenters. The number of hydrogen-bond donors (Lipinski definition) is 1. The predicted molar refractivity (Wildman–Crippen MR) is 86.9 cm³/mol. The van der Waals surface area contributed by atoms with Gasteiger partial charge in [0.15, 0.2) is 11.6 Å². The van der Waals surface area contributed by atoms with Crippen molar-refractivity contribution in [2.75, 3.05) is 26.3 Å². The first-order chi connectivity index (χ1) is 13.2. The van der Waals surface area contributed by atoms with Crippen LogP contribution in [-0.2, 0) is 15.7 Å². The maximum atomic E-state index is 13.8. The zero-order chi connectivity index (χ0) is 20.1.